The summed E-state index contributed by atoms with van der Waals surface area (Å²) < 4.78 is 4.69. The summed E-state index contributed by atoms with van der Waals surface area (Å²) >= 11 is 0. The highest BCUT2D eigenvalue weighted by molar-refractivity contribution is 5.59. The molecule has 1 heterocycles. The molecule has 0 fully saturated rings. The lowest BCUT2D eigenvalue weighted by molar-refractivity contribution is 0.418. The Morgan fingerprint density at radius 2 is 2.08 bits per heavy atom. The minimum Gasteiger partial charge on any atom is -0.342 e. The molecular weight excluding hydrogens is 164 g/mol. The molecule has 2 rings (SSSR count). The third-order valence-corrected chi connectivity index (χ3v) is 1.98. The average Bonchev–Trinajstić information content (AvgIpc) is 2.56. The number of rotatable bonds is 1. The Bertz CT molecular complexity index is 407. The lowest BCUT2D eigenvalue weighted by atomic mass is 10.1. The maximum absolute atomic E-state index is 4.69. The average molecular weight is 174 g/mol. The van der Waals surface area contributed by atoms with Crippen molar-refractivity contribution in [3.8, 4) is 11.4 Å². The Hall–Kier alpha value is -1.64. The predicted molar refractivity (Wildman–Crippen MR) is 49.2 cm³/mol. The van der Waals surface area contributed by atoms with E-state index in [1.54, 1.807) is 0 Å². The normalized spacial score (nSPS) is 10.3. The van der Waals surface area contributed by atoms with Crippen molar-refractivity contribution >= 4 is 0 Å². The van der Waals surface area contributed by atoms with Crippen LogP contribution in [-0.2, 0) is 0 Å². The lowest BCUT2D eigenvalue weighted by Gasteiger charge is -2.01. The van der Waals surface area contributed by atoms with Crippen LogP contribution in [-0.4, -0.2) is 10.1 Å². The fraction of sp³-hybridized carbons (Fsp3) is 0.200. The van der Waals surface area contributed by atoms with Crippen molar-refractivity contribution in [2.24, 2.45) is 0 Å². The molecule has 3 heteroatoms. The van der Waals surface area contributed by atoms with Gasteiger partial charge in [-0.05, 0) is 19.4 Å². The van der Waals surface area contributed by atoms with Crippen molar-refractivity contribution in [2.75, 3.05) is 0 Å². The topological polar surface area (TPSA) is 38.9 Å². The largest absolute Gasteiger partial charge is 0.342 e. The summed E-state index contributed by atoms with van der Waals surface area (Å²) in [6.45, 7) is 4.10. The smallest absolute Gasteiger partial charge is 0.214 e. The monoisotopic (exact) mass is 174 g/mol. The van der Waals surface area contributed by atoms with Crippen LogP contribution < -0.4 is 0 Å². The Morgan fingerprint density at radius 1 is 1.23 bits per heavy atom. The number of benzene rings is 1. The van der Waals surface area contributed by atoms with Gasteiger partial charge in [0.15, 0.2) is 0 Å². The highest BCUT2D eigenvalue weighted by Crippen LogP contribution is 2.19. The van der Waals surface area contributed by atoms with E-state index in [0.29, 0.717) is 5.82 Å². The second-order valence-corrected chi connectivity index (χ2v) is 3.07. The first kappa shape index (κ1) is 7.98. The lowest BCUT2D eigenvalue weighted by Crippen LogP contribution is -1.85. The van der Waals surface area contributed by atoms with E-state index >= 15 is 0 Å². The first-order valence-electron chi connectivity index (χ1n) is 4.11. The molecule has 0 aliphatic heterocycles. The summed E-state index contributed by atoms with van der Waals surface area (Å²) in [6, 6.07) is 6.15. The summed E-state index contributed by atoms with van der Waals surface area (Å²) in [5.74, 6) is 0.650. The fourth-order valence-corrected chi connectivity index (χ4v) is 1.35. The van der Waals surface area contributed by atoms with E-state index in [4.69, 9.17) is 4.52 Å². The van der Waals surface area contributed by atoms with Crippen LogP contribution >= 0.6 is 0 Å². The van der Waals surface area contributed by atoms with E-state index in [9.17, 15) is 0 Å². The molecule has 3 nitrogen and oxygen atoms in total. The molecule has 0 atom stereocenters. The van der Waals surface area contributed by atoms with Gasteiger partial charge in [0.1, 0.15) is 0 Å². The molecule has 0 radical (unpaired) electrons. The van der Waals surface area contributed by atoms with Crippen molar-refractivity contribution in [2.45, 2.75) is 13.8 Å². The van der Waals surface area contributed by atoms with Crippen molar-refractivity contribution in [3.05, 3.63) is 35.7 Å². The molecule has 0 spiro atoms. The number of hydrogen-bond acceptors (Lipinski definition) is 3. The first-order chi connectivity index (χ1) is 6.27. The number of nitrogens with zero attached hydrogens (tertiary/aromatic N) is 2. The van der Waals surface area contributed by atoms with Crippen LogP contribution in [0.2, 0.25) is 0 Å². The standard InChI is InChI=1S/C10H10N2O/c1-7-3-4-9(8(2)5-7)10-11-6-13-12-10/h3-6H,1-2H3. The van der Waals surface area contributed by atoms with Crippen LogP contribution in [0, 0.1) is 13.8 Å². The number of aryl methyl sites for hydroxylation is 2. The second-order valence-electron chi connectivity index (χ2n) is 3.07. The zero-order chi connectivity index (χ0) is 9.26. The van der Waals surface area contributed by atoms with E-state index in [0.717, 1.165) is 5.56 Å². The van der Waals surface area contributed by atoms with Crippen LogP contribution in [0.5, 0.6) is 0 Å². The molecular formula is C10H10N2O. The second kappa shape index (κ2) is 3.01. The molecule has 0 unspecified atom stereocenters. The summed E-state index contributed by atoms with van der Waals surface area (Å²) in [5, 5.41) is 3.79. The van der Waals surface area contributed by atoms with Crippen molar-refractivity contribution in [1.82, 2.24) is 10.1 Å². The number of aromatic nitrogens is 2. The summed E-state index contributed by atoms with van der Waals surface area (Å²) in [4.78, 5) is 4.00. The molecule has 0 saturated heterocycles. The van der Waals surface area contributed by atoms with Crippen LogP contribution in [0.3, 0.4) is 0 Å². The number of hydrogen-bond donors (Lipinski definition) is 0. The molecule has 0 saturated carbocycles. The van der Waals surface area contributed by atoms with Gasteiger partial charge in [0.05, 0.1) is 0 Å². The minimum absolute atomic E-state index is 0.650. The predicted octanol–water partition coefficient (Wildman–Crippen LogP) is 2.35. The Kier molecular flexibility index (Phi) is 1.85. The minimum atomic E-state index is 0.650. The van der Waals surface area contributed by atoms with Crippen LogP contribution in [0.4, 0.5) is 0 Å². The molecule has 66 valence electrons. The molecule has 0 aliphatic carbocycles. The first-order valence-corrected chi connectivity index (χ1v) is 4.11. The third kappa shape index (κ3) is 1.45. The van der Waals surface area contributed by atoms with Gasteiger partial charge in [0.2, 0.25) is 12.2 Å². The van der Waals surface area contributed by atoms with E-state index in [1.165, 1.54) is 17.5 Å². The van der Waals surface area contributed by atoms with Gasteiger partial charge in [0, 0.05) is 5.56 Å². The highest BCUT2D eigenvalue weighted by Gasteiger charge is 2.05. The summed E-state index contributed by atoms with van der Waals surface area (Å²) in [6.07, 6.45) is 1.34. The molecule has 13 heavy (non-hydrogen) atoms. The fourth-order valence-electron chi connectivity index (χ4n) is 1.35. The van der Waals surface area contributed by atoms with E-state index in [1.807, 2.05) is 19.1 Å². The molecule has 1 aromatic carbocycles. The maximum Gasteiger partial charge on any atom is 0.214 e. The van der Waals surface area contributed by atoms with Gasteiger partial charge < -0.3 is 4.52 Å². The van der Waals surface area contributed by atoms with Crippen LogP contribution in [0.15, 0.2) is 29.1 Å². The van der Waals surface area contributed by atoms with Gasteiger partial charge in [-0.1, -0.05) is 28.9 Å². The van der Waals surface area contributed by atoms with Crippen LogP contribution in [0.25, 0.3) is 11.4 Å². The van der Waals surface area contributed by atoms with Crippen molar-refractivity contribution in [1.29, 1.82) is 0 Å². The van der Waals surface area contributed by atoms with E-state index in [2.05, 4.69) is 23.1 Å². The molecule has 0 aliphatic rings. The van der Waals surface area contributed by atoms with Crippen molar-refractivity contribution < 1.29 is 4.52 Å². The van der Waals surface area contributed by atoms with Crippen molar-refractivity contribution in [3.63, 3.8) is 0 Å². The molecule has 1 aromatic heterocycles. The van der Waals surface area contributed by atoms with Gasteiger partial charge in [-0.2, -0.15) is 4.98 Å². The SMILES string of the molecule is Cc1ccc(-c2ncon2)c(C)c1. The highest BCUT2D eigenvalue weighted by atomic mass is 16.5. The molecule has 0 amide bonds. The summed E-state index contributed by atoms with van der Waals surface area (Å²) in [5.41, 5.74) is 3.44. The molecule has 0 bridgehead atoms. The third-order valence-electron chi connectivity index (χ3n) is 1.98. The van der Waals surface area contributed by atoms with E-state index in [-0.39, 0.29) is 0 Å². The van der Waals surface area contributed by atoms with Gasteiger partial charge >= 0.3 is 0 Å². The van der Waals surface area contributed by atoms with E-state index < -0.39 is 0 Å². The Morgan fingerprint density at radius 3 is 2.69 bits per heavy atom. The Labute approximate surface area is 76.4 Å². The molecule has 0 N–H and O–H groups in total. The van der Waals surface area contributed by atoms with Gasteiger partial charge in [-0.15, -0.1) is 0 Å². The van der Waals surface area contributed by atoms with Gasteiger partial charge in [0.25, 0.3) is 0 Å². The zero-order valence-electron chi connectivity index (χ0n) is 7.61. The zero-order valence-corrected chi connectivity index (χ0v) is 7.61. The summed E-state index contributed by atoms with van der Waals surface area (Å²) in [7, 11) is 0. The van der Waals surface area contributed by atoms with Gasteiger partial charge in [-0.3, -0.25) is 0 Å². The van der Waals surface area contributed by atoms with Crippen LogP contribution in [0.1, 0.15) is 11.1 Å². The maximum atomic E-state index is 4.69. The van der Waals surface area contributed by atoms with Gasteiger partial charge in [-0.25, -0.2) is 0 Å². The molecule has 2 aromatic rings. The quantitative estimate of drug-likeness (QED) is 0.666. The Balaban J connectivity index is 2.53.